The highest BCUT2D eigenvalue weighted by molar-refractivity contribution is 7.98. The average molecular weight is 2090 g/mol. The molecule has 4 unspecified atom stereocenters. The minimum atomic E-state index is -0.597. The third-order valence-corrected chi connectivity index (χ3v) is 26.7. The van der Waals surface area contributed by atoms with Crippen LogP contribution in [0.4, 0.5) is 26.7 Å². The predicted octanol–water partition coefficient (Wildman–Crippen LogP) is 20.0. The number of thiocarbonyl (C=S) groups is 4. The summed E-state index contributed by atoms with van der Waals surface area (Å²) in [6.45, 7) is 16.1. The summed E-state index contributed by atoms with van der Waals surface area (Å²) in [6.07, 6.45) is 27.4. The van der Waals surface area contributed by atoms with Crippen LogP contribution in [-0.2, 0) is 50.9 Å². The number of hydrogen-bond acceptors (Lipinski definition) is 26. The number of para-hydroxylation sites is 4. The van der Waals surface area contributed by atoms with Gasteiger partial charge < -0.3 is 44.2 Å². The third-order valence-electron chi connectivity index (χ3n) is 21.9. The van der Waals surface area contributed by atoms with E-state index in [0.29, 0.717) is 88.4 Å². The Morgan fingerprint density at radius 2 is 1.42 bits per heavy atom. The fourth-order valence-corrected chi connectivity index (χ4v) is 19.1. The highest BCUT2D eigenvalue weighted by Crippen LogP contribution is 2.41. The number of fused-ring (bicyclic) bond motifs is 4. The molecule has 10 heterocycles. The molecule has 0 spiro atoms. The zero-order chi connectivity index (χ0) is 103. The lowest BCUT2D eigenvalue weighted by molar-refractivity contribution is -0.127. The first-order chi connectivity index (χ1) is 68.1. The number of anilines is 3. The molecule has 746 valence electrons. The summed E-state index contributed by atoms with van der Waals surface area (Å²) >= 11 is 32.7. The van der Waals surface area contributed by atoms with Crippen LogP contribution >= 0.6 is 106 Å². The quantitative estimate of drug-likeness (QED) is 0.0177. The summed E-state index contributed by atoms with van der Waals surface area (Å²) in [5.41, 5.74) is 12.9. The lowest BCUT2D eigenvalue weighted by Gasteiger charge is -2.26. The van der Waals surface area contributed by atoms with Gasteiger partial charge in [-0.15, -0.1) is 22.7 Å². The molecule has 13 aromatic rings. The van der Waals surface area contributed by atoms with Crippen molar-refractivity contribution in [1.82, 2.24) is 60.2 Å². The first-order valence-corrected chi connectivity index (χ1v) is 51.3. The number of methoxy groups -OCH3 is 1. The summed E-state index contributed by atoms with van der Waals surface area (Å²) in [4.78, 5) is 122. The number of aromatic amines is 2. The van der Waals surface area contributed by atoms with Crippen LogP contribution in [0.5, 0.6) is 0 Å². The Balaban J connectivity index is 0.000000167. The van der Waals surface area contributed by atoms with Crippen LogP contribution in [-0.4, -0.2) is 151 Å². The normalized spacial score (nSPS) is 15.7. The zero-order valence-corrected chi connectivity index (χ0v) is 88.0. The van der Waals surface area contributed by atoms with Gasteiger partial charge >= 0.3 is 22.7 Å². The highest BCUT2D eigenvalue weighted by atomic mass is 35.5. The van der Waals surface area contributed by atoms with Gasteiger partial charge in [0.05, 0.1) is 65.2 Å². The van der Waals surface area contributed by atoms with E-state index >= 15 is 0 Å². The second kappa shape index (κ2) is 55.2. The summed E-state index contributed by atoms with van der Waals surface area (Å²) < 4.78 is 23.7. The highest BCUT2D eigenvalue weighted by Gasteiger charge is 2.43. The van der Waals surface area contributed by atoms with Crippen molar-refractivity contribution in [3.05, 3.63) is 297 Å². The summed E-state index contributed by atoms with van der Waals surface area (Å²) in [7, 11) is 6.19. The molecule has 0 radical (unpaired) electrons. The van der Waals surface area contributed by atoms with Crippen LogP contribution in [0, 0.1) is 37.5 Å². The van der Waals surface area contributed by atoms with Gasteiger partial charge in [-0.2, -0.15) is 27.1 Å². The van der Waals surface area contributed by atoms with Gasteiger partial charge in [0.2, 0.25) is 0 Å². The van der Waals surface area contributed by atoms with Gasteiger partial charge in [-0.3, -0.25) is 62.4 Å². The van der Waals surface area contributed by atoms with Crippen LogP contribution in [0.15, 0.2) is 256 Å². The predicted molar refractivity (Wildman–Crippen MR) is 590 cm³/mol. The second-order valence-electron chi connectivity index (χ2n) is 34.0. The Bertz CT molecular complexity index is 6760. The average Bonchev–Trinajstić information content (AvgIpc) is 1.59. The van der Waals surface area contributed by atoms with Crippen molar-refractivity contribution in [3.8, 4) is 0 Å². The first kappa shape index (κ1) is 111. The second-order valence-corrected chi connectivity index (χ2v) is 39.9. The molecular weight excluding hydrogens is 1980 g/mol. The Labute approximate surface area is 865 Å². The monoisotopic (exact) mass is 2090 g/mol. The number of furan rings is 2. The number of H-pyrrole nitrogens is 2. The molecule has 142 heavy (non-hydrogen) atoms. The van der Waals surface area contributed by atoms with Crippen molar-refractivity contribution in [2.75, 3.05) is 41.4 Å². The fourth-order valence-electron chi connectivity index (χ4n) is 15.1. The number of Topliss-reactive ketones (excluding diaryl/α,β-unsaturated/α-hetero) is 1. The largest absolute Gasteiger partial charge is 0.465 e. The molecule has 4 fully saturated rings. The maximum Gasteiger partial charge on any atom is 0.428 e. The number of hydrazone groups is 3. The van der Waals surface area contributed by atoms with Gasteiger partial charge in [0.15, 0.2) is 31.5 Å². The summed E-state index contributed by atoms with van der Waals surface area (Å²) in [6, 6.07) is 53.5. The van der Waals surface area contributed by atoms with Gasteiger partial charge in [0.1, 0.15) is 40.1 Å². The van der Waals surface area contributed by atoms with Crippen molar-refractivity contribution >= 4 is 237 Å². The number of ether oxygens (including phenoxy) is 2. The van der Waals surface area contributed by atoms with Crippen molar-refractivity contribution in [2.45, 2.75) is 137 Å². The smallest absolute Gasteiger partial charge is 0.428 e. The van der Waals surface area contributed by atoms with Crippen molar-refractivity contribution < 1.29 is 47.1 Å². The number of allylic oxidation sites excluding steroid dienone is 2. The standard InChI is InChI=1S/C18H15N3OS.C15H24OS.C14H14N2OS2.C13H16N2OS2.C12H16N2O3.C11H10ClN3OS.C10H12N2O3.C9H8N4O2S/c22-17-16(10-12-11-19-15-9-5-4-8-14(12)15)20-18(23)21(17)13-6-2-1-3-7-13;1-10(2)8-12-9-13(17)14(15(12)16)11-6-4-3-5-7-11;1-9-5-3-6-10(2)12(9)15-14(18)16-13(17)11-7-4-8-19-11;1-18-8-7-11-12(16)15(13(17)14-11)9-10-5-3-2-4-6-10;1-12(2,3)17-11(15)14-13-8-4-6-10-7-5-9-16-10;1-15(8-5-3-2-4-6-8)13-7-9-10(12)14-11(16)17-9;1-8(11-12-10(13)14-2)5-6-9-4-3-7-15-9;1-11-6-5(7(14)12(2)9(11)15)13-3-4-16-8(13)10-6/h1-9,11,16,19H,10H2,(H,20,23);10-12,14H,3-9H2,1-2H3;3-8H,1-2H3,(H2,15,16,17,18);2-6,11H,7-9H2,1H3,(H,14,17);4-9H,1-3H3,(H,14,15);2-7H,1H3,(H,14,16);3-7H,1-2H3,(H,12,13);3-4H,1-2H3/b;;;;6-4+,13-8-;13-7+;6-5+,11-8-;. The number of thioether (sulfide) groups is 1. The fraction of sp³-hybridized carbons (Fsp3) is 0.304. The number of thiazole rings is 2. The van der Waals surface area contributed by atoms with Crippen LogP contribution < -0.4 is 58.1 Å². The van der Waals surface area contributed by atoms with Crippen molar-refractivity contribution in [1.29, 1.82) is 0 Å². The van der Waals surface area contributed by atoms with Crippen LogP contribution in [0.3, 0.4) is 0 Å². The molecule has 2 saturated heterocycles. The number of amides is 5. The maximum atomic E-state index is 12.7. The van der Waals surface area contributed by atoms with E-state index in [-0.39, 0.29) is 57.8 Å². The molecule has 5 amide bonds. The number of aromatic nitrogens is 6. The Morgan fingerprint density at radius 3 is 2.04 bits per heavy atom. The molecule has 4 aliphatic rings. The lowest BCUT2D eigenvalue weighted by Crippen LogP contribution is -2.37. The Morgan fingerprint density at radius 1 is 0.761 bits per heavy atom. The molecule has 31 nitrogen and oxygen atoms in total. The number of benzene rings is 5. The number of aryl methyl sites for hydroxylation is 3. The van der Waals surface area contributed by atoms with Crippen LogP contribution in [0.1, 0.15) is 141 Å². The number of nitrogens with one attached hydrogen (secondary N) is 8. The molecule has 8 N–H and O–H groups in total. The van der Waals surface area contributed by atoms with E-state index in [4.69, 9.17) is 74.0 Å². The maximum absolute atomic E-state index is 12.7. The SMILES string of the molecule is CC(C)(C)OC(=O)N/N=C\C=C\c1ccco1.CC(C)CC1CC(=S)C(C2CCCCC2)C1=O.CN(/N=C/c1sc(=O)[nH]c1Cl)c1ccccc1.COC(=O)N/N=C(C)\C=C\c1ccco1.CSCCC1NC(=S)N(Cc2ccccc2)C1=O.Cc1cccc(C)c1NC(=S)NC(=O)c1cccs1.Cn1c(=O)c2c(nc3sccn32)n(C)c1=O.O=C1C(Cc2c[nH]c3ccccc23)NC(=S)N1c1ccccc1. The number of nitrogens with zero attached hydrogens (tertiary/aromatic N) is 10. The van der Waals surface area contributed by atoms with E-state index in [9.17, 15) is 43.2 Å². The van der Waals surface area contributed by atoms with Gasteiger partial charge in [0.25, 0.3) is 23.3 Å². The van der Waals surface area contributed by atoms with Crippen molar-refractivity contribution in [3.63, 3.8) is 0 Å². The number of halogens is 1. The van der Waals surface area contributed by atoms with Crippen molar-refractivity contribution in [2.24, 2.45) is 53.1 Å². The molecule has 8 aromatic heterocycles. The number of hydrogen-bond donors (Lipinski definition) is 8. The molecule has 4 atom stereocenters. The van der Waals surface area contributed by atoms with Crippen LogP contribution in [0.2, 0.25) is 5.15 Å². The zero-order valence-electron chi connectivity index (χ0n) is 80.8. The van der Waals surface area contributed by atoms with E-state index in [1.54, 1.807) is 133 Å². The molecule has 2 aliphatic heterocycles. The number of thiophene rings is 1. The third kappa shape index (κ3) is 33.2. The van der Waals surface area contributed by atoms with E-state index in [1.165, 1.54) is 79.7 Å². The number of carbonyl (C=O) groups is 6. The topological polar surface area (TPSA) is 376 Å². The van der Waals surface area contributed by atoms with E-state index in [0.717, 1.165) is 102 Å². The molecular formula is C102H115ClN18O13S8. The first-order valence-electron chi connectivity index (χ1n) is 45.3. The van der Waals surface area contributed by atoms with Gasteiger partial charge in [-0.1, -0.05) is 177 Å². The number of rotatable bonds is 22. The minimum absolute atomic E-state index is 0.00789. The van der Waals surface area contributed by atoms with E-state index < -0.39 is 17.8 Å². The summed E-state index contributed by atoms with van der Waals surface area (Å²) in [5.74, 6) is 4.38. The molecule has 5 aromatic carbocycles. The lowest BCUT2D eigenvalue weighted by atomic mass is 9.78. The Hall–Kier alpha value is -13.3. The molecule has 2 saturated carbocycles. The van der Waals surface area contributed by atoms with Gasteiger partial charge in [-0.05, 0) is 247 Å². The van der Waals surface area contributed by atoms with Crippen LogP contribution in [0.25, 0.3) is 39.2 Å². The molecule has 17 rings (SSSR count). The molecule has 2 aliphatic carbocycles. The minimum Gasteiger partial charge on any atom is -0.465 e. The van der Waals surface area contributed by atoms with E-state index in [2.05, 4.69) is 87.0 Å². The Kier molecular flexibility index (Phi) is 43.1. The number of imidazole rings is 1. The number of ketones is 1. The van der Waals surface area contributed by atoms with E-state index in [1.807, 2.05) is 190 Å². The number of carbonyl (C=O) groups excluding carboxylic acids is 6. The molecule has 0 bridgehead atoms. The van der Waals surface area contributed by atoms with Gasteiger partial charge in [-0.25, -0.2) is 30.2 Å². The summed E-state index contributed by atoms with van der Waals surface area (Å²) in [5, 5.41) is 31.9. The molecule has 40 heteroatoms. The van der Waals surface area contributed by atoms with Gasteiger partial charge in [0, 0.05) is 78.9 Å².